The Labute approximate surface area is 262 Å². The van der Waals surface area contributed by atoms with Gasteiger partial charge in [0.05, 0.1) is 40.0 Å². The van der Waals surface area contributed by atoms with Crippen molar-refractivity contribution in [3.05, 3.63) is 129 Å². The molecule has 45 heavy (non-hydrogen) atoms. The van der Waals surface area contributed by atoms with E-state index in [1.54, 1.807) is 17.0 Å². The van der Waals surface area contributed by atoms with Crippen LogP contribution in [0.3, 0.4) is 0 Å². The zero-order valence-corrected chi connectivity index (χ0v) is 25.6. The lowest BCUT2D eigenvalue weighted by molar-refractivity contribution is -0.121. The molecule has 1 atom stereocenters. The molecule has 1 spiro atoms. The van der Waals surface area contributed by atoms with Crippen LogP contribution < -0.4 is 20.0 Å². The van der Waals surface area contributed by atoms with Crippen molar-refractivity contribution < 1.29 is 18.7 Å². The third-order valence-electron chi connectivity index (χ3n) is 8.59. The molecule has 4 aromatic carbocycles. The van der Waals surface area contributed by atoms with Crippen LogP contribution in [-0.2, 0) is 16.9 Å². The van der Waals surface area contributed by atoms with E-state index in [0.717, 1.165) is 21.4 Å². The maximum absolute atomic E-state index is 15.2. The number of aryl methyl sites for hydroxylation is 2. The first-order chi connectivity index (χ1) is 21.8. The highest BCUT2D eigenvalue weighted by atomic mass is 32.1. The number of carbonyl (C=O) groups excluding carboxylic acids is 2. The molecule has 222 valence electrons. The number of anilines is 2. The van der Waals surface area contributed by atoms with Gasteiger partial charge in [-0.2, -0.15) is 0 Å². The number of aromatic nitrogens is 1. The van der Waals surface area contributed by atoms with E-state index in [0.29, 0.717) is 34.5 Å². The number of benzene rings is 4. The van der Waals surface area contributed by atoms with E-state index in [4.69, 9.17) is 14.1 Å². The van der Waals surface area contributed by atoms with E-state index in [2.05, 4.69) is 0 Å². The molecule has 8 nitrogen and oxygen atoms in total. The largest absolute Gasteiger partial charge is 0.494 e. The molecule has 2 amide bonds. The number of nitrogens with zero attached hydrogens (tertiary/aromatic N) is 3. The number of ether oxygens (including phenoxy) is 1. The Kier molecular flexibility index (Phi) is 5.98. The van der Waals surface area contributed by atoms with Gasteiger partial charge in [0.15, 0.2) is 16.1 Å². The van der Waals surface area contributed by atoms with Crippen LogP contribution in [0.5, 0.6) is 5.75 Å². The Bertz CT molecular complexity index is 2270. The van der Waals surface area contributed by atoms with Crippen molar-refractivity contribution in [1.82, 2.24) is 4.98 Å². The van der Waals surface area contributed by atoms with Crippen LogP contribution in [0.4, 0.5) is 10.8 Å². The molecule has 9 heteroatoms. The summed E-state index contributed by atoms with van der Waals surface area (Å²) in [7, 11) is 0. The molecule has 0 saturated carbocycles. The highest BCUT2D eigenvalue weighted by Gasteiger charge is 2.66. The summed E-state index contributed by atoms with van der Waals surface area (Å²) in [6, 6.07) is 26.1. The van der Waals surface area contributed by atoms with Crippen LogP contribution >= 0.6 is 11.3 Å². The van der Waals surface area contributed by atoms with E-state index in [-0.39, 0.29) is 28.6 Å². The van der Waals surface area contributed by atoms with Gasteiger partial charge in [-0.05, 0) is 62.7 Å². The van der Waals surface area contributed by atoms with Crippen LogP contribution in [0.25, 0.3) is 21.2 Å². The van der Waals surface area contributed by atoms with Crippen LogP contribution in [-0.4, -0.2) is 23.4 Å². The average Bonchev–Trinajstić information content (AvgIpc) is 3.64. The molecular formula is C36H27N3O5S. The minimum absolute atomic E-state index is 0.0173. The Morgan fingerprint density at radius 2 is 1.69 bits per heavy atom. The van der Waals surface area contributed by atoms with E-state index in [1.807, 2.05) is 93.6 Å². The maximum Gasteiger partial charge on any atom is 0.297 e. The summed E-state index contributed by atoms with van der Waals surface area (Å²) in [6.07, 6.45) is 0. The molecule has 1 unspecified atom stereocenters. The summed E-state index contributed by atoms with van der Waals surface area (Å²) in [4.78, 5) is 52.2. The van der Waals surface area contributed by atoms with Gasteiger partial charge in [0, 0.05) is 5.56 Å². The third kappa shape index (κ3) is 3.83. The second-order valence-electron chi connectivity index (χ2n) is 11.4. The van der Waals surface area contributed by atoms with Crippen LogP contribution in [0.1, 0.15) is 45.3 Å². The summed E-state index contributed by atoms with van der Waals surface area (Å²) in [5.41, 5.74) is 2.76. The Balaban J connectivity index is 1.42. The SMILES string of the molecule is CCOc1ccc2nc(N3C(=O)c4oc5ccc(C)cc5c(=O)c4C34C(=O)N(Cc3ccc(C)cc3)c3ccccc34)sc2c1. The van der Waals surface area contributed by atoms with Crippen LogP contribution in [0.15, 0.2) is 94.1 Å². The minimum Gasteiger partial charge on any atom is -0.494 e. The smallest absolute Gasteiger partial charge is 0.297 e. The van der Waals surface area contributed by atoms with Gasteiger partial charge in [0.25, 0.3) is 11.8 Å². The second kappa shape index (κ2) is 9.87. The van der Waals surface area contributed by atoms with Gasteiger partial charge in [0.1, 0.15) is 11.3 Å². The van der Waals surface area contributed by atoms with Crippen molar-refractivity contribution >= 4 is 55.2 Å². The summed E-state index contributed by atoms with van der Waals surface area (Å²) >= 11 is 1.27. The predicted molar refractivity (Wildman–Crippen MR) is 174 cm³/mol. The zero-order valence-electron chi connectivity index (χ0n) is 24.8. The van der Waals surface area contributed by atoms with Gasteiger partial charge in [-0.25, -0.2) is 4.98 Å². The molecular weight excluding hydrogens is 586 g/mol. The summed E-state index contributed by atoms with van der Waals surface area (Å²) in [5.74, 6) is -0.471. The lowest BCUT2D eigenvalue weighted by atomic mass is 9.84. The number of amides is 2. The number of thiazole rings is 1. The molecule has 0 saturated heterocycles. The van der Waals surface area contributed by atoms with E-state index in [1.165, 1.54) is 16.2 Å². The number of rotatable bonds is 5. The zero-order chi connectivity index (χ0) is 31.0. The fraction of sp³-hybridized carbons (Fsp3) is 0.167. The van der Waals surface area contributed by atoms with Crippen molar-refractivity contribution in [3.8, 4) is 5.75 Å². The van der Waals surface area contributed by atoms with E-state index >= 15 is 4.79 Å². The maximum atomic E-state index is 15.2. The number of hydrogen-bond donors (Lipinski definition) is 0. The fourth-order valence-electron chi connectivity index (χ4n) is 6.55. The van der Waals surface area contributed by atoms with Gasteiger partial charge >= 0.3 is 0 Å². The first kappa shape index (κ1) is 27.3. The monoisotopic (exact) mass is 613 g/mol. The Hall–Kier alpha value is -5.28. The topological polar surface area (TPSA) is 93.0 Å². The average molecular weight is 614 g/mol. The number of hydrogen-bond acceptors (Lipinski definition) is 7. The number of para-hydroxylation sites is 1. The van der Waals surface area contributed by atoms with Gasteiger partial charge in [0.2, 0.25) is 5.76 Å². The van der Waals surface area contributed by atoms with Gasteiger partial charge in [-0.15, -0.1) is 0 Å². The lowest BCUT2D eigenvalue weighted by Gasteiger charge is -2.32. The molecule has 2 aromatic heterocycles. The molecule has 0 aliphatic carbocycles. The molecule has 0 fully saturated rings. The van der Waals surface area contributed by atoms with Crippen molar-refractivity contribution in [3.63, 3.8) is 0 Å². The standard InChI is InChI=1S/C36H27N3O5S/c1-4-43-23-14-15-26-29(18-23)45-35(37-26)39-33(41)32-30(31(40)24-17-21(3)11-16-28(24)44-32)36(39)25-7-5-6-8-27(25)38(34(36)42)19-22-12-9-20(2)10-13-22/h5-18H,4,19H2,1-3H3. The van der Waals surface area contributed by atoms with Crippen molar-refractivity contribution in [2.24, 2.45) is 0 Å². The fourth-order valence-corrected chi connectivity index (χ4v) is 7.60. The minimum atomic E-state index is -1.82. The summed E-state index contributed by atoms with van der Waals surface area (Å²) in [5, 5.41) is 0.603. The van der Waals surface area contributed by atoms with Crippen molar-refractivity contribution in [2.45, 2.75) is 32.9 Å². The van der Waals surface area contributed by atoms with E-state index in [9.17, 15) is 9.59 Å². The highest BCUT2D eigenvalue weighted by Crippen LogP contribution is 2.55. The first-order valence-electron chi connectivity index (χ1n) is 14.7. The van der Waals surface area contributed by atoms with Crippen molar-refractivity contribution in [2.75, 3.05) is 16.4 Å². The highest BCUT2D eigenvalue weighted by molar-refractivity contribution is 7.22. The Morgan fingerprint density at radius 1 is 0.911 bits per heavy atom. The van der Waals surface area contributed by atoms with Crippen molar-refractivity contribution in [1.29, 1.82) is 0 Å². The molecule has 2 aliphatic heterocycles. The molecule has 0 radical (unpaired) electrons. The molecule has 2 aliphatic rings. The summed E-state index contributed by atoms with van der Waals surface area (Å²) < 4.78 is 12.7. The molecule has 8 rings (SSSR count). The lowest BCUT2D eigenvalue weighted by Crippen LogP contribution is -2.53. The van der Waals surface area contributed by atoms with Gasteiger partial charge in [-0.1, -0.05) is 71.0 Å². The van der Waals surface area contributed by atoms with Crippen LogP contribution in [0, 0.1) is 13.8 Å². The number of carbonyl (C=O) groups is 2. The second-order valence-corrected chi connectivity index (χ2v) is 12.4. The van der Waals surface area contributed by atoms with Gasteiger partial charge in [-0.3, -0.25) is 19.3 Å². The Morgan fingerprint density at radius 3 is 2.49 bits per heavy atom. The summed E-state index contributed by atoms with van der Waals surface area (Å²) in [6.45, 7) is 6.56. The van der Waals surface area contributed by atoms with Crippen LogP contribution in [0.2, 0.25) is 0 Å². The third-order valence-corrected chi connectivity index (χ3v) is 9.60. The quantitative estimate of drug-likeness (QED) is 0.211. The molecule has 0 N–H and O–H groups in total. The molecule has 6 aromatic rings. The normalized spacial score (nSPS) is 17.1. The predicted octanol–water partition coefficient (Wildman–Crippen LogP) is 6.87. The first-order valence-corrected chi connectivity index (χ1v) is 15.6. The molecule has 4 heterocycles. The number of fused-ring (bicyclic) bond motifs is 6. The van der Waals surface area contributed by atoms with Gasteiger partial charge < -0.3 is 14.1 Å². The molecule has 0 bridgehead atoms. The van der Waals surface area contributed by atoms with E-state index < -0.39 is 22.8 Å².